The van der Waals surface area contributed by atoms with Gasteiger partial charge in [0.05, 0.1) is 15.1 Å². The van der Waals surface area contributed by atoms with Gasteiger partial charge in [-0.15, -0.1) is 0 Å². The van der Waals surface area contributed by atoms with Crippen LogP contribution in [-0.2, 0) is 0 Å². The summed E-state index contributed by atoms with van der Waals surface area (Å²) in [5.74, 6) is -0.488. The van der Waals surface area contributed by atoms with E-state index in [4.69, 9.17) is 2.74 Å². The summed E-state index contributed by atoms with van der Waals surface area (Å²) in [4.78, 5) is 18.3. The van der Waals surface area contributed by atoms with Crippen molar-refractivity contribution < 1.29 is 7.54 Å². The Hall–Kier alpha value is -0.970. The first-order valence-corrected chi connectivity index (χ1v) is 3.58. The third-order valence-corrected chi connectivity index (χ3v) is 1.32. The quantitative estimate of drug-likeness (QED) is 0.750. The Labute approximate surface area is 75.0 Å². The molecule has 0 atom stereocenters. The Morgan fingerprint density at radius 2 is 2.55 bits per heavy atom. The predicted molar refractivity (Wildman–Crippen MR) is 43.1 cm³/mol. The van der Waals surface area contributed by atoms with Crippen molar-refractivity contribution in [2.24, 2.45) is 0 Å². The van der Waals surface area contributed by atoms with Crippen LogP contribution in [0.4, 0.5) is 0 Å². The van der Waals surface area contributed by atoms with Gasteiger partial charge in [-0.25, -0.2) is 4.98 Å². The highest BCUT2D eigenvalue weighted by molar-refractivity contribution is 9.10. The number of carbonyl (C=O) groups is 1. The summed E-state index contributed by atoms with van der Waals surface area (Å²) in [6.45, 7) is 0. The molecule has 1 aromatic rings. The fourth-order valence-corrected chi connectivity index (χ4v) is 0.761. The maximum absolute atomic E-state index is 11.1. The van der Waals surface area contributed by atoms with Crippen LogP contribution in [0.1, 0.15) is 13.2 Å². The van der Waals surface area contributed by atoms with Gasteiger partial charge in [0.25, 0.3) is 5.91 Å². The number of rotatable bonds is 1. The second-order valence-electron chi connectivity index (χ2n) is 1.67. The molecule has 0 spiro atoms. The maximum atomic E-state index is 11.1. The van der Waals surface area contributed by atoms with Gasteiger partial charge in [-0.05, 0) is 15.9 Å². The molecule has 11 heavy (non-hydrogen) atoms. The molecule has 1 heterocycles. The summed E-state index contributed by atoms with van der Waals surface area (Å²) in [6.07, 6.45) is -0.454. The van der Waals surface area contributed by atoms with Gasteiger partial charge >= 0.3 is 0 Å². The lowest BCUT2D eigenvalue weighted by molar-refractivity contribution is 0.0957. The van der Waals surface area contributed by atoms with Crippen LogP contribution < -0.4 is 5.32 Å². The van der Waals surface area contributed by atoms with E-state index in [2.05, 4.69) is 31.2 Å². The first kappa shape index (κ1) is 5.65. The van der Waals surface area contributed by atoms with Gasteiger partial charge < -0.3 is 5.32 Å². The van der Waals surface area contributed by atoms with Crippen molar-refractivity contribution in [3.8, 4) is 0 Å². The van der Waals surface area contributed by atoms with Crippen LogP contribution in [-0.4, -0.2) is 22.9 Å². The number of aromatic nitrogens is 2. The number of nitrogens with zero attached hydrogens (tertiary/aromatic N) is 2. The van der Waals surface area contributed by atoms with Crippen LogP contribution in [0.25, 0.3) is 0 Å². The molecule has 0 bridgehead atoms. The van der Waals surface area contributed by atoms with E-state index in [9.17, 15) is 4.79 Å². The number of hydrogen-bond acceptors (Lipinski definition) is 3. The first-order chi connectivity index (χ1) is 6.06. The minimum absolute atomic E-state index is 0.0922. The van der Waals surface area contributed by atoms with Gasteiger partial charge in [-0.3, -0.25) is 9.78 Å². The molecule has 0 aromatic carbocycles. The molecule has 4 nitrogen and oxygen atoms in total. The minimum Gasteiger partial charge on any atom is -0.354 e. The molecule has 1 amide bonds. The maximum Gasteiger partial charge on any atom is 0.271 e. The van der Waals surface area contributed by atoms with E-state index in [1.807, 2.05) is 0 Å². The van der Waals surface area contributed by atoms with Gasteiger partial charge in [-0.1, -0.05) is 0 Å². The summed E-state index contributed by atoms with van der Waals surface area (Å²) < 4.78 is 14.6. The van der Waals surface area contributed by atoms with Gasteiger partial charge in [0, 0.05) is 7.05 Å². The molecule has 1 N–H and O–H groups in total. The van der Waals surface area contributed by atoms with Gasteiger partial charge in [0.15, 0.2) is 0 Å². The first-order valence-electron chi connectivity index (χ1n) is 3.79. The van der Waals surface area contributed by atoms with Crippen LogP contribution in [0.3, 0.4) is 0 Å². The molecule has 0 saturated heterocycles. The Morgan fingerprint density at radius 1 is 1.82 bits per heavy atom. The van der Waals surface area contributed by atoms with Crippen molar-refractivity contribution in [1.82, 2.24) is 15.3 Å². The number of hydrogen-bond donors (Lipinski definition) is 1. The lowest BCUT2D eigenvalue weighted by Crippen LogP contribution is -2.19. The van der Waals surface area contributed by atoms with E-state index >= 15 is 0 Å². The lowest BCUT2D eigenvalue weighted by Gasteiger charge is -1.96. The Balaban J connectivity index is 3.23. The molecular weight excluding hydrogens is 210 g/mol. The summed E-state index contributed by atoms with van der Waals surface area (Å²) >= 11 is 2.95. The second-order valence-corrected chi connectivity index (χ2v) is 2.42. The van der Waals surface area contributed by atoms with Gasteiger partial charge in [0.2, 0.25) is 0 Å². The summed E-state index contributed by atoms with van der Waals surface area (Å²) in [5, 5.41) is 2.33. The molecular formula is C6H6BrN3O. The summed E-state index contributed by atoms with van der Waals surface area (Å²) in [5.41, 5.74) is -0.0922. The van der Waals surface area contributed by atoms with Crippen molar-refractivity contribution >= 4 is 21.8 Å². The zero-order valence-corrected chi connectivity index (χ0v) is 7.27. The Morgan fingerprint density at radius 3 is 3.18 bits per heavy atom. The normalized spacial score (nSPS) is 11.8. The largest absolute Gasteiger partial charge is 0.354 e. The van der Waals surface area contributed by atoms with Crippen molar-refractivity contribution in [1.29, 1.82) is 0 Å². The number of halogens is 1. The molecule has 0 aliphatic carbocycles. The molecule has 0 aliphatic rings. The second kappa shape index (κ2) is 3.43. The van der Waals surface area contributed by atoms with Crippen LogP contribution in [0, 0.1) is 0 Å². The molecule has 1 aromatic heterocycles. The lowest BCUT2D eigenvalue weighted by atomic mass is 10.4. The molecule has 1 rings (SSSR count). The van der Waals surface area contributed by atoms with Crippen molar-refractivity contribution in [2.45, 2.75) is 0 Å². The third kappa shape index (κ3) is 1.98. The van der Waals surface area contributed by atoms with E-state index in [-0.39, 0.29) is 22.6 Å². The molecule has 0 fully saturated rings. The topological polar surface area (TPSA) is 54.9 Å². The third-order valence-electron chi connectivity index (χ3n) is 0.962. The average Bonchev–Trinajstić information content (AvgIpc) is 2.10. The van der Waals surface area contributed by atoms with Crippen molar-refractivity contribution in [3.05, 3.63) is 22.6 Å². The molecule has 5 heteroatoms. The van der Waals surface area contributed by atoms with Crippen molar-refractivity contribution in [2.75, 3.05) is 7.05 Å². The van der Waals surface area contributed by atoms with Crippen LogP contribution in [0.2, 0.25) is 0 Å². The summed E-state index contributed by atoms with van der Waals surface area (Å²) in [7, 11) is 1.44. The SMILES string of the molecule is [2H]c1nc([2H])c(C(=O)NC)nc1Br. The number of nitrogens with one attached hydrogen (secondary N) is 1. The molecule has 0 unspecified atom stereocenters. The monoisotopic (exact) mass is 217 g/mol. The number of amides is 1. The minimum atomic E-state index is -0.488. The molecule has 58 valence electrons. The molecule has 0 saturated carbocycles. The highest BCUT2D eigenvalue weighted by Gasteiger charge is 2.03. The summed E-state index contributed by atoms with van der Waals surface area (Å²) in [6, 6.07) is 0. The van der Waals surface area contributed by atoms with Crippen molar-refractivity contribution in [3.63, 3.8) is 0 Å². The molecule has 0 aliphatic heterocycles. The van der Waals surface area contributed by atoms with Gasteiger partial charge in [0.1, 0.15) is 10.3 Å². The standard InChI is InChI=1S/C6H6BrN3O/c1-8-6(11)4-2-9-3-5(7)10-4/h2-3H,1H3,(H,8,11)/i2D,3D. The van der Waals surface area contributed by atoms with Crippen LogP contribution >= 0.6 is 15.9 Å². The zero-order chi connectivity index (χ0) is 10.0. The Kier molecular flexibility index (Phi) is 1.76. The Bertz CT molecular complexity index is 358. The van der Waals surface area contributed by atoms with E-state index < -0.39 is 5.91 Å². The van der Waals surface area contributed by atoms with Gasteiger partial charge in [-0.2, -0.15) is 0 Å². The highest BCUT2D eigenvalue weighted by atomic mass is 79.9. The fraction of sp³-hybridized carbons (Fsp3) is 0.167. The predicted octanol–water partition coefficient (Wildman–Crippen LogP) is 0.599. The van der Waals surface area contributed by atoms with E-state index in [1.165, 1.54) is 7.05 Å². The number of carbonyl (C=O) groups excluding carboxylic acids is 1. The molecule has 0 radical (unpaired) electrons. The van der Waals surface area contributed by atoms with E-state index in [0.29, 0.717) is 0 Å². The smallest absolute Gasteiger partial charge is 0.271 e. The average molecular weight is 218 g/mol. The van der Waals surface area contributed by atoms with Crippen LogP contribution in [0.5, 0.6) is 0 Å². The highest BCUT2D eigenvalue weighted by Crippen LogP contribution is 2.02. The zero-order valence-electron chi connectivity index (χ0n) is 7.68. The van der Waals surface area contributed by atoms with E-state index in [0.717, 1.165) is 0 Å². The van der Waals surface area contributed by atoms with E-state index in [1.54, 1.807) is 0 Å². The van der Waals surface area contributed by atoms with Crippen LogP contribution in [0.15, 0.2) is 16.9 Å². The fourth-order valence-electron chi connectivity index (χ4n) is 0.495.